The number of hydrogen-bond acceptors (Lipinski definition) is 10. The lowest BCUT2D eigenvalue weighted by molar-refractivity contribution is -0.00673. The molecule has 0 N–H and O–H groups in total. The Morgan fingerprint density at radius 1 is 0.970 bits per heavy atom. The lowest BCUT2D eigenvalue weighted by Gasteiger charge is -2.28. The number of hydrogen-bond donors (Lipinski definition) is 0. The third kappa shape index (κ3) is 6.30. The van der Waals surface area contributed by atoms with E-state index in [2.05, 4.69) is 75.5 Å². The monoisotopic (exact) mass is 484 g/mol. The number of azo groups is 1. The molecular formula is C22H40N6O4S. The van der Waals surface area contributed by atoms with E-state index in [4.69, 9.17) is 13.4 Å². The van der Waals surface area contributed by atoms with Crippen LogP contribution < -0.4 is 0 Å². The fourth-order valence-corrected chi connectivity index (χ4v) is 5.23. The maximum absolute atomic E-state index is 12.3. The second-order valence-corrected chi connectivity index (χ2v) is 12.1. The number of rotatable bonds is 10. The van der Waals surface area contributed by atoms with Crippen molar-refractivity contribution in [1.82, 2.24) is 9.80 Å². The smallest absolute Gasteiger partial charge is 0.356 e. The largest absolute Gasteiger partial charge is 0.406 e. The van der Waals surface area contributed by atoms with E-state index < -0.39 is 28.6 Å². The van der Waals surface area contributed by atoms with Crippen LogP contribution >= 0.6 is 0 Å². The van der Waals surface area contributed by atoms with E-state index in [0.717, 1.165) is 24.6 Å². The third-order valence-corrected chi connectivity index (χ3v) is 6.24. The molecule has 10 nitrogen and oxygen atoms in total. The SMILES string of the molecule is CC(C)CC1=NC(/N=N/C23N=C(CC(C)C)N(CC(C)C)C2OS(=O)(=O)O3)CN1CC(C)C. The quantitative estimate of drug-likeness (QED) is 0.436. The van der Waals surface area contributed by atoms with E-state index in [9.17, 15) is 8.42 Å². The zero-order chi connectivity index (χ0) is 24.6. The number of amidine groups is 2. The first kappa shape index (κ1) is 26.0. The Kier molecular flexibility index (Phi) is 7.85. The van der Waals surface area contributed by atoms with E-state index >= 15 is 0 Å². The molecule has 3 rings (SSSR count). The molecule has 0 saturated carbocycles. The molecule has 0 aromatic heterocycles. The van der Waals surface area contributed by atoms with Crippen molar-refractivity contribution in [3.05, 3.63) is 0 Å². The van der Waals surface area contributed by atoms with Crippen molar-refractivity contribution in [3.8, 4) is 0 Å². The Morgan fingerprint density at radius 3 is 2.15 bits per heavy atom. The van der Waals surface area contributed by atoms with Gasteiger partial charge in [-0.15, -0.1) is 5.11 Å². The lowest BCUT2D eigenvalue weighted by Crippen LogP contribution is -2.45. The molecule has 3 unspecified atom stereocenters. The van der Waals surface area contributed by atoms with Gasteiger partial charge in [0.05, 0.1) is 6.54 Å². The van der Waals surface area contributed by atoms with E-state index in [1.807, 2.05) is 4.90 Å². The average molecular weight is 485 g/mol. The zero-order valence-corrected chi connectivity index (χ0v) is 22.0. The molecule has 0 radical (unpaired) electrons. The third-order valence-electron chi connectivity index (χ3n) is 5.37. The number of aliphatic imine (C=N–C) groups is 2. The molecule has 0 aromatic rings. The molecule has 0 spiro atoms. The lowest BCUT2D eigenvalue weighted by atomic mass is 10.1. The summed E-state index contributed by atoms with van der Waals surface area (Å²) in [5.41, 5.74) is 0. The Balaban J connectivity index is 1.90. The van der Waals surface area contributed by atoms with Crippen molar-refractivity contribution in [3.63, 3.8) is 0 Å². The molecule has 3 atom stereocenters. The Labute approximate surface area is 198 Å². The van der Waals surface area contributed by atoms with Gasteiger partial charge in [0, 0.05) is 25.9 Å². The van der Waals surface area contributed by atoms with Crippen molar-refractivity contribution < 1.29 is 16.8 Å². The summed E-state index contributed by atoms with van der Waals surface area (Å²) in [7, 11) is -4.23. The maximum atomic E-state index is 12.3. The van der Waals surface area contributed by atoms with Crippen LogP contribution in [0.5, 0.6) is 0 Å². The first-order chi connectivity index (χ1) is 15.3. The van der Waals surface area contributed by atoms with Gasteiger partial charge in [-0.2, -0.15) is 17.7 Å². The predicted octanol–water partition coefficient (Wildman–Crippen LogP) is 3.87. The van der Waals surface area contributed by atoms with Crippen molar-refractivity contribution in [2.75, 3.05) is 19.6 Å². The molecule has 3 aliphatic rings. The van der Waals surface area contributed by atoms with Gasteiger partial charge in [0.2, 0.25) is 6.23 Å². The predicted molar refractivity (Wildman–Crippen MR) is 128 cm³/mol. The van der Waals surface area contributed by atoms with Gasteiger partial charge in [0.25, 0.3) is 0 Å². The summed E-state index contributed by atoms with van der Waals surface area (Å²) >= 11 is 0. The summed E-state index contributed by atoms with van der Waals surface area (Å²) in [6, 6.07) is 0. The van der Waals surface area contributed by atoms with Gasteiger partial charge in [-0.3, -0.25) is 0 Å². The van der Waals surface area contributed by atoms with Gasteiger partial charge in [-0.05, 0) is 23.7 Å². The molecule has 0 bridgehead atoms. The first-order valence-electron chi connectivity index (χ1n) is 12.0. The highest BCUT2D eigenvalue weighted by Crippen LogP contribution is 2.42. The minimum absolute atomic E-state index is 0.268. The average Bonchev–Trinajstić information content (AvgIpc) is 3.21. The second-order valence-electron chi connectivity index (χ2n) is 10.9. The van der Waals surface area contributed by atoms with Crippen LogP contribution in [0.4, 0.5) is 0 Å². The summed E-state index contributed by atoms with van der Waals surface area (Å²) in [4.78, 5) is 13.5. The van der Waals surface area contributed by atoms with Gasteiger partial charge in [-0.25, -0.2) is 14.2 Å². The molecule has 33 heavy (non-hydrogen) atoms. The normalized spacial score (nSPS) is 29.3. The molecule has 11 heteroatoms. The first-order valence-corrected chi connectivity index (χ1v) is 13.4. The van der Waals surface area contributed by atoms with Crippen LogP contribution in [-0.4, -0.2) is 67.8 Å². The van der Waals surface area contributed by atoms with Gasteiger partial charge < -0.3 is 9.80 Å². The molecule has 3 heterocycles. The maximum Gasteiger partial charge on any atom is 0.406 e. The van der Waals surface area contributed by atoms with Crippen molar-refractivity contribution in [1.29, 1.82) is 0 Å². The van der Waals surface area contributed by atoms with Crippen LogP contribution in [-0.2, 0) is 18.8 Å². The topological polar surface area (TPSA) is 109 Å². The van der Waals surface area contributed by atoms with E-state index in [1.165, 1.54) is 0 Å². The van der Waals surface area contributed by atoms with E-state index in [0.29, 0.717) is 37.3 Å². The summed E-state index contributed by atoms with van der Waals surface area (Å²) in [5.74, 6) is 1.54. The highest BCUT2D eigenvalue weighted by Gasteiger charge is 2.62. The van der Waals surface area contributed by atoms with Gasteiger partial charge in [-0.1, -0.05) is 55.4 Å². The Bertz CT molecular complexity index is 899. The summed E-state index contributed by atoms with van der Waals surface area (Å²) in [5, 5.41) is 8.81. The van der Waals surface area contributed by atoms with E-state index in [1.54, 1.807) is 0 Å². The summed E-state index contributed by atoms with van der Waals surface area (Å²) in [6.45, 7) is 19.0. The zero-order valence-electron chi connectivity index (χ0n) is 21.2. The molecule has 1 fully saturated rings. The fraction of sp³-hybridized carbons (Fsp3) is 0.909. The highest BCUT2D eigenvalue weighted by molar-refractivity contribution is 7.82. The highest BCUT2D eigenvalue weighted by atomic mass is 32.3. The number of fused-ring (bicyclic) bond motifs is 1. The van der Waals surface area contributed by atoms with E-state index in [-0.39, 0.29) is 5.92 Å². The Morgan fingerprint density at radius 2 is 1.58 bits per heavy atom. The second kappa shape index (κ2) is 9.95. The van der Waals surface area contributed by atoms with Crippen LogP contribution in [0, 0.1) is 23.7 Å². The fourth-order valence-electron chi connectivity index (χ4n) is 4.29. The van der Waals surface area contributed by atoms with Crippen molar-refractivity contribution >= 4 is 22.1 Å². The van der Waals surface area contributed by atoms with Crippen molar-refractivity contribution in [2.24, 2.45) is 43.9 Å². The molecule has 1 saturated heterocycles. The minimum atomic E-state index is -4.23. The van der Waals surface area contributed by atoms with Crippen LogP contribution in [0.15, 0.2) is 20.2 Å². The van der Waals surface area contributed by atoms with Crippen LogP contribution in [0.1, 0.15) is 68.2 Å². The molecule has 0 aromatic carbocycles. The van der Waals surface area contributed by atoms with Crippen molar-refractivity contribution in [2.45, 2.75) is 86.5 Å². The minimum Gasteiger partial charge on any atom is -0.356 e. The molecule has 0 aliphatic carbocycles. The van der Waals surface area contributed by atoms with Gasteiger partial charge in [0.1, 0.15) is 11.7 Å². The Hall–Kier alpha value is -1.59. The van der Waals surface area contributed by atoms with Crippen LogP contribution in [0.25, 0.3) is 0 Å². The van der Waals surface area contributed by atoms with Crippen LogP contribution in [0.2, 0.25) is 0 Å². The van der Waals surface area contributed by atoms with Gasteiger partial charge in [0.15, 0.2) is 6.17 Å². The number of nitrogens with zero attached hydrogens (tertiary/aromatic N) is 6. The van der Waals surface area contributed by atoms with Crippen LogP contribution in [0.3, 0.4) is 0 Å². The molecular weight excluding hydrogens is 444 g/mol. The standard InChI is InChI=1S/C22H40N6O4S/c1-14(2)9-19-23-18(13-27(19)11-16(5)6)25-26-22-21(31-33(29,30)32-22)28(12-17(7)8)20(24-22)10-15(3)4/h14-18,21H,9-13H2,1-8H3/b26-25+. The summed E-state index contributed by atoms with van der Waals surface area (Å²) < 4.78 is 35.2. The van der Waals surface area contributed by atoms with Gasteiger partial charge >= 0.3 is 16.2 Å². The molecule has 188 valence electrons. The summed E-state index contributed by atoms with van der Waals surface area (Å²) in [6.07, 6.45) is 0.103. The molecule has 0 amide bonds. The molecule has 3 aliphatic heterocycles.